The zero-order valence-electron chi connectivity index (χ0n) is 13.3. The van der Waals surface area contributed by atoms with Crippen molar-refractivity contribution in [1.82, 2.24) is 0 Å². The van der Waals surface area contributed by atoms with E-state index in [1.165, 1.54) is 33.1 Å². The molecule has 1 atom stereocenters. The largest absolute Gasteiger partial charge is 3.00 e. The summed E-state index contributed by atoms with van der Waals surface area (Å²) in [5, 5.41) is 0. The molecule has 1 aliphatic rings. The van der Waals surface area contributed by atoms with Gasteiger partial charge in [0.2, 0.25) is 0 Å². The molecule has 0 N–H and O–H groups in total. The molecule has 2 aromatic rings. The Labute approximate surface area is 171 Å². The summed E-state index contributed by atoms with van der Waals surface area (Å²) in [6, 6.07) is 15.8. The van der Waals surface area contributed by atoms with Gasteiger partial charge < -0.3 is 0 Å². The second-order valence-corrected chi connectivity index (χ2v) is 6.82. The van der Waals surface area contributed by atoms with E-state index in [4.69, 9.17) is 0 Å². The number of allylic oxidation sites excluding steroid dienone is 1. The summed E-state index contributed by atoms with van der Waals surface area (Å²) in [4.78, 5) is 1.44. The molecule has 0 aromatic heterocycles. The molecule has 0 saturated heterocycles. The van der Waals surface area contributed by atoms with Crippen LogP contribution in [0.5, 0.6) is 0 Å². The third kappa shape index (κ3) is 3.80. The Morgan fingerprint density at radius 1 is 1.14 bits per heavy atom. The molecule has 1 heterocycles. The van der Waals surface area contributed by atoms with E-state index >= 15 is 0 Å². The SMILES string of the molecule is C=CCC1c2ccc(C)cc2SC[C-]1c1ccc(C)cc1.[Pr+3]. The van der Waals surface area contributed by atoms with Crippen LogP contribution < -0.4 is 0 Å². The molecule has 1 aliphatic heterocycles. The Morgan fingerprint density at radius 2 is 1.82 bits per heavy atom. The minimum absolute atomic E-state index is 0. The van der Waals surface area contributed by atoms with E-state index in [9.17, 15) is 0 Å². The normalized spacial score (nSPS) is 16.6. The summed E-state index contributed by atoms with van der Waals surface area (Å²) in [5.41, 5.74) is 5.51. The van der Waals surface area contributed by atoms with Crippen molar-refractivity contribution in [2.75, 3.05) is 5.75 Å². The fourth-order valence-electron chi connectivity index (χ4n) is 2.99. The molecular formula is C20H21PrS+2. The number of rotatable bonds is 3. The van der Waals surface area contributed by atoms with Crippen LogP contribution in [0.15, 0.2) is 60.0 Å². The van der Waals surface area contributed by atoms with E-state index in [-0.39, 0.29) is 41.3 Å². The van der Waals surface area contributed by atoms with Gasteiger partial charge in [-0.25, -0.2) is 0 Å². The van der Waals surface area contributed by atoms with Crippen LogP contribution in [0, 0.1) is 61.1 Å². The van der Waals surface area contributed by atoms with Crippen LogP contribution >= 0.6 is 11.8 Å². The van der Waals surface area contributed by atoms with Gasteiger partial charge in [0.25, 0.3) is 0 Å². The molecule has 0 radical (unpaired) electrons. The molecule has 0 aliphatic carbocycles. The first-order valence-electron chi connectivity index (χ1n) is 7.46. The Morgan fingerprint density at radius 3 is 2.50 bits per heavy atom. The number of benzene rings is 2. The van der Waals surface area contributed by atoms with E-state index in [1.54, 1.807) is 0 Å². The fraction of sp³-hybridized carbons (Fsp3) is 0.250. The predicted molar refractivity (Wildman–Crippen MR) is 93.0 cm³/mol. The van der Waals surface area contributed by atoms with Crippen LogP contribution in [0.4, 0.5) is 0 Å². The first-order valence-corrected chi connectivity index (χ1v) is 8.44. The quantitative estimate of drug-likeness (QED) is 0.442. The Hall–Kier alpha value is -0.236. The van der Waals surface area contributed by atoms with Gasteiger partial charge in [-0.2, -0.15) is 23.6 Å². The third-order valence-corrected chi connectivity index (χ3v) is 5.29. The van der Waals surface area contributed by atoms with Crippen LogP contribution in [-0.4, -0.2) is 5.75 Å². The zero-order chi connectivity index (χ0) is 14.8. The van der Waals surface area contributed by atoms with Crippen LogP contribution in [0.3, 0.4) is 0 Å². The number of hydrogen-bond donors (Lipinski definition) is 0. The standard InChI is InChI=1S/C20H21S.Pr/c1-4-5-17-18-11-8-15(3)12-20(18)21-13-19(17)16-9-6-14(2)7-10-16;/h4,6-12,17H,1,5,13H2,2-3H3;/q-1;+3. The van der Waals surface area contributed by atoms with E-state index in [0.29, 0.717) is 5.92 Å². The van der Waals surface area contributed by atoms with Crippen molar-refractivity contribution in [3.8, 4) is 0 Å². The summed E-state index contributed by atoms with van der Waals surface area (Å²) in [5.74, 6) is 3.09. The molecule has 2 aromatic carbocycles. The van der Waals surface area contributed by atoms with Crippen molar-refractivity contribution >= 4 is 11.8 Å². The molecule has 0 bridgehead atoms. The van der Waals surface area contributed by atoms with Crippen LogP contribution in [0.2, 0.25) is 0 Å². The fourth-order valence-corrected chi connectivity index (χ4v) is 4.31. The summed E-state index contributed by atoms with van der Waals surface area (Å²) in [6.45, 7) is 8.28. The van der Waals surface area contributed by atoms with Crippen molar-refractivity contribution in [3.05, 3.63) is 83.3 Å². The molecule has 0 amide bonds. The molecule has 0 fully saturated rings. The van der Waals surface area contributed by atoms with Crippen molar-refractivity contribution in [1.29, 1.82) is 0 Å². The molecule has 108 valence electrons. The van der Waals surface area contributed by atoms with Crippen LogP contribution in [0.25, 0.3) is 0 Å². The van der Waals surface area contributed by atoms with Gasteiger partial charge in [-0.15, -0.1) is 30.5 Å². The van der Waals surface area contributed by atoms with Gasteiger partial charge >= 0.3 is 41.3 Å². The van der Waals surface area contributed by atoms with E-state index in [2.05, 4.69) is 69.0 Å². The van der Waals surface area contributed by atoms with Crippen LogP contribution in [-0.2, 0) is 0 Å². The summed E-state index contributed by atoms with van der Waals surface area (Å²) < 4.78 is 0. The van der Waals surface area contributed by atoms with Gasteiger partial charge in [-0.3, -0.25) is 0 Å². The number of thioether (sulfide) groups is 1. The number of aryl methyl sites for hydroxylation is 2. The van der Waals surface area contributed by atoms with Gasteiger partial charge in [0, 0.05) is 4.90 Å². The third-order valence-electron chi connectivity index (χ3n) is 4.17. The summed E-state index contributed by atoms with van der Waals surface area (Å²) in [7, 11) is 0. The van der Waals surface area contributed by atoms with Crippen LogP contribution in [0.1, 0.15) is 34.6 Å². The average Bonchev–Trinajstić information content (AvgIpc) is 2.48. The van der Waals surface area contributed by atoms with E-state index in [1.807, 2.05) is 11.8 Å². The molecule has 2 heteroatoms. The molecule has 22 heavy (non-hydrogen) atoms. The average molecular weight is 434 g/mol. The van der Waals surface area contributed by atoms with Gasteiger partial charge in [-0.1, -0.05) is 29.3 Å². The van der Waals surface area contributed by atoms with E-state index < -0.39 is 0 Å². The predicted octanol–water partition coefficient (Wildman–Crippen LogP) is 5.69. The van der Waals surface area contributed by atoms with Crippen molar-refractivity contribution in [2.45, 2.75) is 31.1 Å². The maximum atomic E-state index is 3.97. The molecular weight excluding hydrogens is 413 g/mol. The van der Waals surface area contributed by atoms with Gasteiger partial charge in [0.15, 0.2) is 0 Å². The van der Waals surface area contributed by atoms with Crippen molar-refractivity contribution in [2.24, 2.45) is 0 Å². The molecule has 1 unspecified atom stereocenters. The maximum Gasteiger partial charge on any atom is 3.00 e. The Balaban J connectivity index is 0.00000176. The topological polar surface area (TPSA) is 0 Å². The number of hydrogen-bond acceptors (Lipinski definition) is 1. The smallest absolute Gasteiger partial charge is 0.187 e. The minimum Gasteiger partial charge on any atom is -0.187 e. The monoisotopic (exact) mass is 434 g/mol. The molecule has 3 rings (SSSR count). The first-order chi connectivity index (χ1) is 10.2. The molecule has 0 spiro atoms. The molecule has 0 nitrogen and oxygen atoms in total. The summed E-state index contributed by atoms with van der Waals surface area (Å²) in [6.07, 6.45) is 3.07. The van der Waals surface area contributed by atoms with Gasteiger partial charge in [0.05, 0.1) is 0 Å². The summed E-state index contributed by atoms with van der Waals surface area (Å²) >= 11 is 1.97. The minimum atomic E-state index is 0. The van der Waals surface area contributed by atoms with Crippen molar-refractivity contribution < 1.29 is 41.3 Å². The zero-order valence-corrected chi connectivity index (χ0v) is 17.8. The van der Waals surface area contributed by atoms with Gasteiger partial charge in [0.1, 0.15) is 0 Å². The first kappa shape index (κ1) is 18.1. The molecule has 0 saturated carbocycles. The Kier molecular flexibility index (Phi) is 6.62. The second kappa shape index (κ2) is 8.04. The second-order valence-electron chi connectivity index (χ2n) is 5.80. The number of fused-ring (bicyclic) bond motifs is 1. The van der Waals surface area contributed by atoms with Gasteiger partial charge in [-0.05, 0) is 43.6 Å². The maximum absolute atomic E-state index is 3.97. The Bertz CT molecular complexity index is 645. The van der Waals surface area contributed by atoms with E-state index in [0.717, 1.165) is 12.2 Å². The van der Waals surface area contributed by atoms with Crippen molar-refractivity contribution in [3.63, 3.8) is 0 Å².